The summed E-state index contributed by atoms with van der Waals surface area (Å²) in [4.78, 5) is 18.1. The van der Waals surface area contributed by atoms with E-state index in [-0.39, 0.29) is 15.4 Å². The zero-order valence-electron chi connectivity index (χ0n) is 26.1. The lowest BCUT2D eigenvalue weighted by molar-refractivity contribution is -0.146. The molecule has 0 aliphatic carbocycles. The first-order valence-corrected chi connectivity index (χ1v) is 17.3. The average Bonchev–Trinajstić information content (AvgIpc) is 3.67. The monoisotopic (exact) mass is 818 g/mol. The molecule has 0 saturated heterocycles. The van der Waals surface area contributed by atoms with E-state index in [4.69, 9.17) is 18.0 Å². The summed E-state index contributed by atoms with van der Waals surface area (Å²) in [5.41, 5.74) is 1.09. The van der Waals surface area contributed by atoms with E-state index in [9.17, 15) is 53.0 Å². The van der Waals surface area contributed by atoms with Crippen LogP contribution in [-0.4, -0.2) is 61.3 Å². The number of thiazole rings is 2. The topological polar surface area (TPSA) is 154 Å². The minimum Gasteiger partial charge on any atom is -0.492 e. The normalized spacial score (nSPS) is 13.1. The van der Waals surface area contributed by atoms with Crippen molar-refractivity contribution < 1.29 is 57.2 Å². The lowest BCUT2D eigenvalue weighted by atomic mass is 10.1. The zero-order chi connectivity index (χ0) is 39.1. The Morgan fingerprint density at radius 1 is 0.769 bits per heavy atom. The summed E-state index contributed by atoms with van der Waals surface area (Å²) in [6.45, 7) is 1.66. The van der Waals surface area contributed by atoms with Crippen LogP contribution in [0.1, 0.15) is 41.0 Å². The second-order valence-corrected chi connectivity index (χ2v) is 14.0. The van der Waals surface area contributed by atoms with Crippen LogP contribution in [0.15, 0.2) is 73.6 Å². The molecule has 0 aromatic carbocycles. The Morgan fingerprint density at radius 2 is 1.21 bits per heavy atom. The van der Waals surface area contributed by atoms with Gasteiger partial charge < -0.3 is 15.0 Å². The van der Waals surface area contributed by atoms with Crippen LogP contribution in [0.25, 0.3) is 21.1 Å². The van der Waals surface area contributed by atoms with E-state index >= 15 is 0 Å². The third-order valence-corrected chi connectivity index (χ3v) is 9.98. The van der Waals surface area contributed by atoms with Crippen molar-refractivity contribution in [2.24, 2.45) is 5.73 Å². The van der Waals surface area contributed by atoms with E-state index in [1.165, 1.54) is 30.7 Å². The molecule has 5 aromatic heterocycles. The van der Waals surface area contributed by atoms with Gasteiger partial charge in [-0.25, -0.2) is 9.97 Å². The van der Waals surface area contributed by atoms with Crippen LogP contribution in [-0.2, 0) is 10.1 Å². The van der Waals surface area contributed by atoms with Gasteiger partial charge in [0.25, 0.3) is 0 Å². The van der Waals surface area contributed by atoms with Crippen LogP contribution < -0.4 is 9.92 Å². The number of hydrogen-bond acceptors (Lipinski definition) is 12. The van der Waals surface area contributed by atoms with Crippen molar-refractivity contribution >= 4 is 50.0 Å². The fraction of sp³-hybridized carbons (Fsp3) is 0.241. The Bertz CT molecular complexity index is 2030. The van der Waals surface area contributed by atoms with E-state index in [0.717, 1.165) is 23.8 Å². The number of hydrogen-bond donors (Lipinski definition) is 2. The molecule has 5 heterocycles. The molecule has 52 heavy (non-hydrogen) atoms. The highest BCUT2D eigenvalue weighted by molar-refractivity contribution is 7.88. The molecule has 0 aliphatic heterocycles. The molecular formula is C29H23F9N6O4S4. The number of thiocarbonyl (C=S) groups is 1. The van der Waals surface area contributed by atoms with Crippen molar-refractivity contribution in [3.05, 3.63) is 88.9 Å². The third kappa shape index (κ3) is 11.3. The van der Waals surface area contributed by atoms with Gasteiger partial charge in [0, 0.05) is 53.9 Å². The molecule has 3 N–H and O–H groups in total. The number of pyridine rings is 3. The van der Waals surface area contributed by atoms with E-state index in [1.807, 2.05) is 6.07 Å². The quantitative estimate of drug-likeness (QED) is 0.0705. The number of aromatic nitrogens is 5. The van der Waals surface area contributed by atoms with Crippen molar-refractivity contribution in [1.82, 2.24) is 24.9 Å². The van der Waals surface area contributed by atoms with Crippen LogP contribution in [0.4, 0.5) is 39.5 Å². The van der Waals surface area contributed by atoms with Gasteiger partial charge in [0.05, 0.1) is 21.6 Å². The first-order valence-electron chi connectivity index (χ1n) is 13.9. The van der Waals surface area contributed by atoms with Crippen LogP contribution in [0.3, 0.4) is 0 Å². The number of nitrogens with zero attached hydrogens (tertiary/aromatic N) is 5. The van der Waals surface area contributed by atoms with Gasteiger partial charge in [0.2, 0.25) is 11.8 Å². The molecule has 5 rings (SSSR count). The third-order valence-electron chi connectivity index (χ3n) is 6.26. The summed E-state index contributed by atoms with van der Waals surface area (Å²) in [7, 11) is -6.16. The lowest BCUT2D eigenvalue weighted by Gasteiger charge is -2.15. The Kier molecular flexibility index (Phi) is 13.6. The molecule has 0 radical (unpaired) electrons. The van der Waals surface area contributed by atoms with Gasteiger partial charge in [-0.15, -0.1) is 22.7 Å². The van der Waals surface area contributed by atoms with Crippen molar-refractivity contribution in [1.29, 1.82) is 0 Å². The molecule has 280 valence electrons. The van der Waals surface area contributed by atoms with Gasteiger partial charge in [0.1, 0.15) is 15.0 Å². The molecule has 0 spiro atoms. The molecule has 2 atom stereocenters. The second kappa shape index (κ2) is 16.9. The summed E-state index contributed by atoms with van der Waals surface area (Å²) in [6, 6.07) is 9.78. The molecule has 0 bridgehead atoms. The number of nitrogens with two attached hydrogens (primary N) is 1. The number of rotatable bonds is 7. The maximum Gasteiger partial charge on any atom is 0.534 e. The minimum atomic E-state index is -6.16. The number of alkyl halides is 9. The predicted octanol–water partition coefficient (Wildman–Crippen LogP) is 8.39. The minimum absolute atomic E-state index is 0.161. The van der Waals surface area contributed by atoms with Gasteiger partial charge in [-0.05, 0) is 50.2 Å². The SMILES string of the molecule is CC(c1sc(-c2cccnc2)nc1O)C(F)(F)F.CC(c1sc(-c2cccnc2)nc1OS(=O)(=O)C(F)(F)F)C(F)(F)F.NC(=S)c1cccnc1. The summed E-state index contributed by atoms with van der Waals surface area (Å²) in [5, 5.41) is 9.67. The van der Waals surface area contributed by atoms with Gasteiger partial charge in [-0.1, -0.05) is 12.2 Å². The van der Waals surface area contributed by atoms with Gasteiger partial charge in [0.15, 0.2) is 0 Å². The highest BCUT2D eigenvalue weighted by Gasteiger charge is 2.50. The molecule has 23 heteroatoms. The summed E-state index contributed by atoms with van der Waals surface area (Å²) in [6.07, 6.45) is -0.291. The van der Waals surface area contributed by atoms with Crippen molar-refractivity contribution in [2.75, 3.05) is 0 Å². The zero-order valence-corrected chi connectivity index (χ0v) is 29.4. The van der Waals surface area contributed by atoms with Crippen molar-refractivity contribution in [2.45, 2.75) is 43.5 Å². The fourth-order valence-electron chi connectivity index (χ4n) is 3.44. The Balaban J connectivity index is 0.000000234. The molecule has 10 nitrogen and oxygen atoms in total. The van der Waals surface area contributed by atoms with Crippen molar-refractivity contribution in [3.63, 3.8) is 0 Å². The molecule has 0 fully saturated rings. The molecular weight excluding hydrogens is 796 g/mol. The average molecular weight is 819 g/mol. The van der Waals surface area contributed by atoms with Gasteiger partial charge >= 0.3 is 28.0 Å². The lowest BCUT2D eigenvalue weighted by Crippen LogP contribution is -2.29. The molecule has 2 unspecified atom stereocenters. The standard InChI is InChI=1S/C12H8F6N2O3S2.C11H9F3N2OS.C6H6N2S/c1-6(11(13,14)15)8-9(23-25(21,22)12(16,17)18)20-10(24-8)7-3-2-4-19-5-7;1-6(11(12,13)14)8-9(17)16-10(18-8)7-3-2-4-15-5-7;7-6(9)5-2-1-3-8-4-5/h2-6H,1H3;2-6,17H,1H3;1-4H,(H2,7,9). The second-order valence-electron chi connectivity index (χ2n) is 9.99. The Labute approximate surface area is 302 Å². The van der Waals surface area contributed by atoms with E-state index < -0.39 is 56.5 Å². The first-order chi connectivity index (χ1) is 24.0. The molecule has 0 saturated carbocycles. The van der Waals surface area contributed by atoms with Crippen LogP contribution in [0, 0.1) is 0 Å². The van der Waals surface area contributed by atoms with Gasteiger partial charge in [-0.2, -0.15) is 47.9 Å². The number of aromatic hydroxyl groups is 1. The van der Waals surface area contributed by atoms with E-state index in [2.05, 4.69) is 29.1 Å². The maximum absolute atomic E-state index is 12.9. The largest absolute Gasteiger partial charge is 0.534 e. The summed E-state index contributed by atoms with van der Waals surface area (Å²) < 4.78 is 140. The van der Waals surface area contributed by atoms with Crippen LogP contribution >= 0.6 is 34.9 Å². The first kappa shape index (κ1) is 41.9. The number of halogens is 9. The van der Waals surface area contributed by atoms with Crippen LogP contribution in [0.5, 0.6) is 11.8 Å². The van der Waals surface area contributed by atoms with Crippen LogP contribution in [0.2, 0.25) is 0 Å². The summed E-state index contributed by atoms with van der Waals surface area (Å²) in [5.74, 6) is -5.84. The highest BCUT2D eigenvalue weighted by Crippen LogP contribution is 2.46. The summed E-state index contributed by atoms with van der Waals surface area (Å²) >= 11 is 5.90. The van der Waals surface area contributed by atoms with Gasteiger partial charge in [-0.3, -0.25) is 15.0 Å². The van der Waals surface area contributed by atoms with E-state index in [0.29, 0.717) is 33.8 Å². The molecule has 5 aromatic rings. The fourth-order valence-corrected chi connectivity index (χ4v) is 6.13. The Hall–Kier alpha value is -4.48. The van der Waals surface area contributed by atoms with E-state index in [1.54, 1.807) is 36.8 Å². The smallest absolute Gasteiger partial charge is 0.492 e. The molecule has 0 aliphatic rings. The Morgan fingerprint density at radius 3 is 1.60 bits per heavy atom. The predicted molar refractivity (Wildman–Crippen MR) is 177 cm³/mol. The maximum atomic E-state index is 12.9. The highest BCUT2D eigenvalue weighted by atomic mass is 32.2. The molecule has 0 amide bonds. The van der Waals surface area contributed by atoms with Crippen molar-refractivity contribution in [3.8, 4) is 32.9 Å².